The predicted octanol–water partition coefficient (Wildman–Crippen LogP) is 4.03. The largest absolute Gasteiger partial charge is 0.507 e. The highest BCUT2D eigenvalue weighted by Crippen LogP contribution is 2.45. The molecule has 0 spiro atoms. The summed E-state index contributed by atoms with van der Waals surface area (Å²) in [5, 5.41) is 13.0. The van der Waals surface area contributed by atoms with Crippen molar-refractivity contribution in [2.45, 2.75) is 26.2 Å². The highest BCUT2D eigenvalue weighted by molar-refractivity contribution is 7.22. The van der Waals surface area contributed by atoms with Crippen molar-refractivity contribution in [1.29, 1.82) is 0 Å². The second-order valence-electron chi connectivity index (χ2n) is 5.75. The van der Waals surface area contributed by atoms with Crippen LogP contribution in [0.1, 0.15) is 26.3 Å². The Morgan fingerprint density at radius 1 is 1.16 bits per heavy atom. The van der Waals surface area contributed by atoms with E-state index in [1.54, 1.807) is 0 Å². The lowest BCUT2D eigenvalue weighted by Gasteiger charge is -2.22. The fourth-order valence-electron chi connectivity index (χ4n) is 2.52. The molecule has 0 radical (unpaired) electrons. The number of phenols is 1. The number of thiazole rings is 1. The van der Waals surface area contributed by atoms with Gasteiger partial charge in [-0.25, -0.2) is 4.98 Å². The van der Waals surface area contributed by atoms with E-state index in [4.69, 9.17) is 5.73 Å². The minimum Gasteiger partial charge on any atom is -0.507 e. The molecular weight excluding hydrogens is 256 g/mol. The van der Waals surface area contributed by atoms with Crippen LogP contribution in [0.4, 0.5) is 5.13 Å². The molecule has 0 saturated heterocycles. The summed E-state index contributed by atoms with van der Waals surface area (Å²) >= 11 is 1.44. The van der Waals surface area contributed by atoms with Crippen molar-refractivity contribution in [3.8, 4) is 5.75 Å². The number of nitrogen functional groups attached to an aromatic ring is 1. The van der Waals surface area contributed by atoms with Crippen molar-refractivity contribution in [1.82, 2.24) is 4.98 Å². The standard InChI is InChI=1S/C15H16N2OS/c1-15(2,3)10-12(18)9-7-5-4-6-8(9)11-13(10)19-14(16)17-11/h4-7,18H,1-3H3,(H2,16,17). The van der Waals surface area contributed by atoms with Crippen LogP contribution in [0.15, 0.2) is 24.3 Å². The van der Waals surface area contributed by atoms with Gasteiger partial charge in [-0.15, -0.1) is 0 Å². The second-order valence-corrected chi connectivity index (χ2v) is 6.78. The van der Waals surface area contributed by atoms with Gasteiger partial charge in [0.25, 0.3) is 0 Å². The second kappa shape index (κ2) is 3.84. The molecule has 0 amide bonds. The van der Waals surface area contributed by atoms with Gasteiger partial charge < -0.3 is 10.8 Å². The summed E-state index contributed by atoms with van der Waals surface area (Å²) in [4.78, 5) is 4.44. The van der Waals surface area contributed by atoms with Gasteiger partial charge >= 0.3 is 0 Å². The molecular formula is C15H16N2OS. The van der Waals surface area contributed by atoms with Crippen LogP contribution < -0.4 is 5.73 Å². The number of fused-ring (bicyclic) bond motifs is 3. The van der Waals surface area contributed by atoms with E-state index in [0.29, 0.717) is 10.9 Å². The Labute approximate surface area is 115 Å². The van der Waals surface area contributed by atoms with E-state index in [9.17, 15) is 5.11 Å². The third-order valence-corrected chi connectivity index (χ3v) is 4.20. The Balaban J connectivity index is 2.62. The molecule has 0 saturated carbocycles. The van der Waals surface area contributed by atoms with Crippen molar-refractivity contribution < 1.29 is 5.11 Å². The minimum atomic E-state index is -0.161. The Morgan fingerprint density at radius 3 is 2.42 bits per heavy atom. The molecule has 0 atom stereocenters. The normalized spacial score (nSPS) is 12.4. The highest BCUT2D eigenvalue weighted by Gasteiger charge is 2.25. The summed E-state index contributed by atoms with van der Waals surface area (Å²) in [6.45, 7) is 6.27. The molecule has 98 valence electrons. The van der Waals surface area contributed by atoms with E-state index in [1.165, 1.54) is 11.3 Å². The van der Waals surface area contributed by atoms with Crippen LogP contribution in [0.3, 0.4) is 0 Å². The molecule has 3 nitrogen and oxygen atoms in total. The van der Waals surface area contributed by atoms with E-state index in [1.807, 2.05) is 24.3 Å². The fraction of sp³-hybridized carbons (Fsp3) is 0.267. The molecule has 1 heterocycles. The highest BCUT2D eigenvalue weighted by atomic mass is 32.1. The topological polar surface area (TPSA) is 59.1 Å². The predicted molar refractivity (Wildman–Crippen MR) is 81.9 cm³/mol. The zero-order valence-electron chi connectivity index (χ0n) is 11.2. The third kappa shape index (κ3) is 1.75. The molecule has 0 bridgehead atoms. The average Bonchev–Trinajstić information content (AvgIpc) is 2.69. The maximum Gasteiger partial charge on any atom is 0.181 e. The Morgan fingerprint density at radius 2 is 1.79 bits per heavy atom. The molecule has 2 aromatic carbocycles. The third-order valence-electron chi connectivity index (χ3n) is 3.29. The summed E-state index contributed by atoms with van der Waals surface area (Å²) in [5.41, 5.74) is 7.52. The van der Waals surface area contributed by atoms with Gasteiger partial charge in [0, 0.05) is 16.3 Å². The van der Waals surface area contributed by atoms with Gasteiger partial charge in [-0.3, -0.25) is 0 Å². The summed E-state index contributed by atoms with van der Waals surface area (Å²) in [6.07, 6.45) is 0. The van der Waals surface area contributed by atoms with Gasteiger partial charge in [0.2, 0.25) is 0 Å². The van der Waals surface area contributed by atoms with Gasteiger partial charge in [-0.2, -0.15) is 0 Å². The molecule has 0 aliphatic rings. The van der Waals surface area contributed by atoms with Crippen LogP contribution in [-0.4, -0.2) is 10.1 Å². The molecule has 3 rings (SSSR count). The van der Waals surface area contributed by atoms with Gasteiger partial charge in [0.15, 0.2) is 5.13 Å². The first kappa shape index (κ1) is 12.2. The molecule has 19 heavy (non-hydrogen) atoms. The fourth-order valence-corrected chi connectivity index (χ4v) is 3.63. The van der Waals surface area contributed by atoms with Gasteiger partial charge in [0.1, 0.15) is 5.75 Å². The van der Waals surface area contributed by atoms with Crippen molar-refractivity contribution >= 4 is 37.5 Å². The molecule has 0 aliphatic carbocycles. The van der Waals surface area contributed by atoms with E-state index in [2.05, 4.69) is 25.8 Å². The van der Waals surface area contributed by atoms with Crippen molar-refractivity contribution in [3.05, 3.63) is 29.8 Å². The Hall–Kier alpha value is -1.81. The SMILES string of the molecule is CC(C)(C)c1c(O)c2ccccc2c2nc(N)sc12. The maximum absolute atomic E-state index is 10.6. The number of aromatic hydroxyl groups is 1. The molecule has 3 N–H and O–H groups in total. The summed E-state index contributed by atoms with van der Waals surface area (Å²) < 4.78 is 0.987. The number of hydrogen-bond acceptors (Lipinski definition) is 4. The number of aromatic nitrogens is 1. The summed E-state index contributed by atoms with van der Waals surface area (Å²) in [6, 6.07) is 7.78. The summed E-state index contributed by atoms with van der Waals surface area (Å²) in [5.74, 6) is 0.347. The van der Waals surface area contributed by atoms with Crippen molar-refractivity contribution in [2.75, 3.05) is 5.73 Å². The van der Waals surface area contributed by atoms with Crippen LogP contribution >= 0.6 is 11.3 Å². The molecule has 0 aliphatic heterocycles. The number of nitrogens with zero attached hydrogens (tertiary/aromatic N) is 1. The van der Waals surface area contributed by atoms with E-state index in [-0.39, 0.29) is 5.41 Å². The molecule has 3 aromatic rings. The zero-order chi connectivity index (χ0) is 13.8. The van der Waals surface area contributed by atoms with E-state index in [0.717, 1.165) is 26.6 Å². The molecule has 4 heteroatoms. The Kier molecular flexibility index (Phi) is 2.47. The number of phenolic OH excluding ortho intramolecular Hbond substituents is 1. The van der Waals surface area contributed by atoms with E-state index >= 15 is 0 Å². The van der Waals surface area contributed by atoms with E-state index < -0.39 is 0 Å². The first-order valence-electron chi connectivity index (χ1n) is 6.20. The van der Waals surface area contributed by atoms with Crippen LogP contribution in [-0.2, 0) is 5.41 Å². The first-order valence-corrected chi connectivity index (χ1v) is 7.01. The average molecular weight is 272 g/mol. The maximum atomic E-state index is 10.6. The van der Waals surface area contributed by atoms with Crippen LogP contribution in [0.2, 0.25) is 0 Å². The lowest BCUT2D eigenvalue weighted by molar-refractivity contribution is 0.455. The minimum absolute atomic E-state index is 0.161. The van der Waals surface area contributed by atoms with Crippen LogP contribution in [0, 0.1) is 0 Å². The quantitative estimate of drug-likeness (QED) is 0.649. The van der Waals surface area contributed by atoms with Crippen LogP contribution in [0.25, 0.3) is 21.0 Å². The van der Waals surface area contributed by atoms with Gasteiger partial charge in [-0.1, -0.05) is 56.4 Å². The van der Waals surface area contributed by atoms with Gasteiger partial charge in [-0.05, 0) is 5.41 Å². The van der Waals surface area contributed by atoms with Gasteiger partial charge in [0.05, 0.1) is 10.2 Å². The number of benzene rings is 2. The number of hydrogen-bond donors (Lipinski definition) is 2. The summed E-state index contributed by atoms with van der Waals surface area (Å²) in [7, 11) is 0. The smallest absolute Gasteiger partial charge is 0.181 e. The first-order chi connectivity index (χ1) is 8.89. The zero-order valence-corrected chi connectivity index (χ0v) is 12.0. The monoisotopic (exact) mass is 272 g/mol. The molecule has 0 fully saturated rings. The molecule has 1 aromatic heterocycles. The number of anilines is 1. The number of nitrogens with two attached hydrogens (primary N) is 1. The Bertz CT molecular complexity index is 784. The lowest BCUT2D eigenvalue weighted by atomic mass is 9.84. The molecule has 0 unspecified atom stereocenters. The van der Waals surface area contributed by atoms with Crippen LogP contribution in [0.5, 0.6) is 5.75 Å². The number of rotatable bonds is 0. The van der Waals surface area contributed by atoms with Crippen molar-refractivity contribution in [2.24, 2.45) is 0 Å². The lowest BCUT2D eigenvalue weighted by Crippen LogP contribution is -2.11. The van der Waals surface area contributed by atoms with Crippen molar-refractivity contribution in [3.63, 3.8) is 0 Å².